The number of carbonyl (C=O) groups excluding carboxylic acids is 2. The van der Waals surface area contributed by atoms with Crippen LogP contribution in [-0.2, 0) is 14.0 Å². The van der Waals surface area contributed by atoms with Crippen molar-refractivity contribution in [3.8, 4) is 0 Å². The van der Waals surface area contributed by atoms with E-state index >= 15 is 0 Å². The molecule has 0 aliphatic carbocycles. The summed E-state index contributed by atoms with van der Waals surface area (Å²) in [7, 11) is -1.06. The van der Waals surface area contributed by atoms with Gasteiger partial charge < -0.3 is 19.6 Å². The second kappa shape index (κ2) is 4.66. The molecule has 0 aromatic rings. The van der Waals surface area contributed by atoms with Crippen LogP contribution < -0.4 is 10.4 Å². The lowest BCUT2D eigenvalue weighted by atomic mass is 9.64. The van der Waals surface area contributed by atoms with Crippen molar-refractivity contribution in [3.63, 3.8) is 0 Å². The number of carboxylic acids is 1. The van der Waals surface area contributed by atoms with Crippen molar-refractivity contribution >= 4 is 20.9 Å². The van der Waals surface area contributed by atoms with E-state index in [-0.39, 0.29) is 11.3 Å². The summed E-state index contributed by atoms with van der Waals surface area (Å²) in [6.45, 7) is 11.6. The highest BCUT2D eigenvalue weighted by atomic mass is 28.3. The number of aliphatic carboxylic acids is 1. The van der Waals surface area contributed by atoms with Gasteiger partial charge in [0.25, 0.3) is 0 Å². The topological polar surface area (TPSA) is 78.5 Å². The molecule has 0 bridgehead atoms. The first-order valence-corrected chi connectivity index (χ1v) is 8.42. The number of amides is 1. The molecule has 1 radical (unpaired) electrons. The third kappa shape index (κ3) is 2.44. The van der Waals surface area contributed by atoms with E-state index in [0.29, 0.717) is 0 Å². The van der Waals surface area contributed by atoms with Crippen molar-refractivity contribution in [1.82, 2.24) is 5.32 Å². The number of nitrogens with one attached hydrogen (secondary N) is 1. The predicted molar refractivity (Wildman–Crippen MR) is 66.9 cm³/mol. The molecule has 1 heterocycles. The molecule has 0 spiro atoms. The molecule has 5 nitrogen and oxygen atoms in total. The number of carboxylic acid groups (broad SMARTS) is 1. The van der Waals surface area contributed by atoms with E-state index in [1.54, 1.807) is 0 Å². The molecule has 3 atom stereocenters. The van der Waals surface area contributed by atoms with Crippen LogP contribution in [0.3, 0.4) is 0 Å². The van der Waals surface area contributed by atoms with Gasteiger partial charge in [-0.2, -0.15) is 0 Å². The van der Waals surface area contributed by atoms with E-state index in [1.807, 2.05) is 40.8 Å². The zero-order valence-corrected chi connectivity index (χ0v) is 12.8. The number of hydrogen-bond donors (Lipinski definition) is 1. The van der Waals surface area contributed by atoms with Gasteiger partial charge in [-0.3, -0.25) is 4.79 Å². The Morgan fingerprint density at radius 3 is 2.11 bits per heavy atom. The Morgan fingerprint density at radius 1 is 1.33 bits per heavy atom. The van der Waals surface area contributed by atoms with Crippen molar-refractivity contribution in [1.29, 1.82) is 0 Å². The minimum Gasteiger partial charge on any atom is -0.548 e. The molecular weight excluding hydrogens is 250 g/mol. The van der Waals surface area contributed by atoms with Gasteiger partial charge in [-0.15, -0.1) is 0 Å². The van der Waals surface area contributed by atoms with E-state index in [0.717, 1.165) is 0 Å². The molecule has 1 amide bonds. The largest absolute Gasteiger partial charge is 0.548 e. The number of rotatable bonds is 4. The fourth-order valence-corrected chi connectivity index (χ4v) is 3.53. The van der Waals surface area contributed by atoms with Gasteiger partial charge in [0.2, 0.25) is 14.9 Å². The molecule has 6 heteroatoms. The maximum atomic E-state index is 11.7. The molecule has 1 fully saturated rings. The Kier molecular flexibility index (Phi) is 3.93. The fourth-order valence-electron chi connectivity index (χ4n) is 2.25. The summed E-state index contributed by atoms with van der Waals surface area (Å²) in [5.74, 6) is -2.22. The zero-order chi connectivity index (χ0) is 14.3. The Labute approximate surface area is 110 Å². The lowest BCUT2D eigenvalue weighted by molar-refractivity contribution is -0.313. The van der Waals surface area contributed by atoms with Crippen LogP contribution in [0.25, 0.3) is 0 Å². The first kappa shape index (κ1) is 15.2. The van der Waals surface area contributed by atoms with Crippen LogP contribution in [0.1, 0.15) is 27.7 Å². The van der Waals surface area contributed by atoms with Crippen LogP contribution in [-0.4, -0.2) is 32.6 Å². The summed E-state index contributed by atoms with van der Waals surface area (Å²) < 4.78 is 6.01. The molecular formula is C12H21NO4Si-. The van der Waals surface area contributed by atoms with Gasteiger partial charge in [0, 0.05) is 0 Å². The summed E-state index contributed by atoms with van der Waals surface area (Å²) in [4.78, 5) is 22.8. The summed E-state index contributed by atoms with van der Waals surface area (Å²) >= 11 is 0. The average molecular weight is 271 g/mol. The quantitative estimate of drug-likeness (QED) is 0.573. The average Bonchev–Trinajstić information content (AvgIpc) is 2.09. The van der Waals surface area contributed by atoms with Crippen molar-refractivity contribution in [3.05, 3.63) is 0 Å². The summed E-state index contributed by atoms with van der Waals surface area (Å²) in [5, 5.41) is 13.4. The van der Waals surface area contributed by atoms with Crippen LogP contribution in [0.4, 0.5) is 0 Å². The highest BCUT2D eigenvalue weighted by molar-refractivity contribution is 6.48. The Bertz CT molecular complexity index is 364. The Morgan fingerprint density at radius 2 is 1.83 bits per heavy atom. The van der Waals surface area contributed by atoms with E-state index in [9.17, 15) is 14.7 Å². The standard InChI is InChI=1S/C12H22NO4Si/c1-11(2,3)12(4,17-18(5)6)7-8(10(15)16)13-9(7)14/h7-8H,1-6H3,(H,13,14)(H,15,16)/p-1. The van der Waals surface area contributed by atoms with Crippen LogP contribution >= 0.6 is 0 Å². The van der Waals surface area contributed by atoms with E-state index < -0.39 is 32.6 Å². The monoisotopic (exact) mass is 271 g/mol. The van der Waals surface area contributed by atoms with Gasteiger partial charge in [-0.25, -0.2) is 0 Å². The molecule has 0 saturated carbocycles. The number of β-lactam (4-membered cyclic amide) rings is 1. The smallest absolute Gasteiger partial charge is 0.229 e. The van der Waals surface area contributed by atoms with Crippen molar-refractivity contribution < 1.29 is 19.1 Å². The molecule has 1 aliphatic rings. The molecule has 1 aliphatic heterocycles. The molecule has 1 rings (SSSR count). The van der Waals surface area contributed by atoms with Gasteiger partial charge in [0.1, 0.15) is 0 Å². The lowest BCUT2D eigenvalue weighted by Crippen LogP contribution is -2.74. The Hall–Kier alpha value is -0.883. The van der Waals surface area contributed by atoms with Crippen molar-refractivity contribution in [2.75, 3.05) is 0 Å². The van der Waals surface area contributed by atoms with Crippen molar-refractivity contribution in [2.24, 2.45) is 11.3 Å². The maximum absolute atomic E-state index is 11.7. The highest BCUT2D eigenvalue weighted by Crippen LogP contribution is 2.44. The molecule has 3 unspecified atom stereocenters. The van der Waals surface area contributed by atoms with Gasteiger partial charge in [-0.1, -0.05) is 20.8 Å². The third-order valence-corrected chi connectivity index (χ3v) is 4.50. The highest BCUT2D eigenvalue weighted by Gasteiger charge is 2.57. The second-order valence-electron chi connectivity index (χ2n) is 6.15. The van der Waals surface area contributed by atoms with E-state index in [1.165, 1.54) is 0 Å². The minimum atomic E-state index is -1.25. The zero-order valence-electron chi connectivity index (χ0n) is 11.8. The van der Waals surface area contributed by atoms with Gasteiger partial charge in [0.15, 0.2) is 0 Å². The van der Waals surface area contributed by atoms with Gasteiger partial charge in [0.05, 0.1) is 23.5 Å². The maximum Gasteiger partial charge on any atom is 0.229 e. The van der Waals surface area contributed by atoms with E-state index in [4.69, 9.17) is 4.43 Å². The third-order valence-electron chi connectivity index (χ3n) is 3.67. The Balaban J connectivity index is 3.11. The van der Waals surface area contributed by atoms with Crippen LogP contribution in [0.15, 0.2) is 0 Å². The number of carbonyl (C=O) groups is 2. The molecule has 103 valence electrons. The van der Waals surface area contributed by atoms with Crippen molar-refractivity contribution in [2.45, 2.75) is 52.4 Å². The second-order valence-corrected chi connectivity index (χ2v) is 8.17. The molecule has 1 saturated heterocycles. The predicted octanol–water partition coefficient (Wildman–Crippen LogP) is -0.0766. The summed E-state index contributed by atoms with van der Waals surface area (Å²) in [6.07, 6.45) is 0. The van der Waals surface area contributed by atoms with E-state index in [2.05, 4.69) is 5.32 Å². The summed E-state index contributed by atoms with van der Waals surface area (Å²) in [5.41, 5.74) is -1.15. The fraction of sp³-hybridized carbons (Fsp3) is 0.833. The summed E-state index contributed by atoms with van der Waals surface area (Å²) in [6, 6.07) is -0.955. The SMILES string of the molecule is C[Si](C)OC(C)(C1C(=O)NC1C(=O)[O-])C(C)(C)C. The lowest BCUT2D eigenvalue weighted by Gasteiger charge is -2.54. The van der Waals surface area contributed by atoms with Crippen LogP contribution in [0.2, 0.25) is 13.1 Å². The molecule has 0 aromatic heterocycles. The van der Waals surface area contributed by atoms with Gasteiger partial charge >= 0.3 is 0 Å². The normalized spacial score (nSPS) is 27.4. The van der Waals surface area contributed by atoms with Gasteiger partial charge in [-0.05, 0) is 25.4 Å². The minimum absolute atomic E-state index is 0.273. The van der Waals surface area contributed by atoms with Crippen LogP contribution in [0, 0.1) is 11.3 Å². The molecule has 18 heavy (non-hydrogen) atoms. The molecule has 1 N–H and O–H groups in total. The first-order chi connectivity index (χ1) is 8.00. The van der Waals surface area contributed by atoms with Crippen LogP contribution in [0.5, 0.6) is 0 Å². The number of hydrogen-bond acceptors (Lipinski definition) is 4. The molecule has 0 aromatic carbocycles. The first-order valence-electron chi connectivity index (χ1n) is 6.01.